The smallest absolute Gasteiger partial charge is 0.303 e. The lowest BCUT2D eigenvalue weighted by molar-refractivity contribution is -0.309. The van der Waals surface area contributed by atoms with Crippen LogP contribution >= 0.6 is 15.9 Å². The molecule has 1 fully saturated rings. The van der Waals surface area contributed by atoms with Crippen LogP contribution in [-0.2, 0) is 42.9 Å². The molecule has 0 aromatic carbocycles. The lowest BCUT2D eigenvalue weighted by Gasteiger charge is -2.46. The summed E-state index contributed by atoms with van der Waals surface area (Å²) >= 11 is 2.84. The molecule has 1 N–H and O–H groups in total. The van der Waals surface area contributed by atoms with Crippen LogP contribution in [0.3, 0.4) is 0 Å². The molecule has 1 heterocycles. The Morgan fingerprint density at radius 3 is 1.84 bits per heavy atom. The lowest BCUT2D eigenvalue weighted by atomic mass is 9.98. The third-order valence-corrected chi connectivity index (χ3v) is 3.64. The van der Waals surface area contributed by atoms with Gasteiger partial charge in [0.2, 0.25) is 6.10 Å². The Morgan fingerprint density at radius 2 is 1.40 bits per heavy atom. The van der Waals surface area contributed by atoms with Gasteiger partial charge in [0.15, 0.2) is 12.2 Å². The van der Waals surface area contributed by atoms with E-state index in [1.165, 1.54) is 0 Å². The van der Waals surface area contributed by atoms with E-state index in [4.69, 9.17) is 23.7 Å². The molecule has 0 amide bonds. The van der Waals surface area contributed by atoms with E-state index in [1.807, 2.05) is 0 Å². The number of rotatable bonds is 5. The van der Waals surface area contributed by atoms with Crippen LogP contribution in [0.15, 0.2) is 0 Å². The van der Waals surface area contributed by atoms with Gasteiger partial charge in [-0.1, -0.05) is 0 Å². The van der Waals surface area contributed by atoms with E-state index < -0.39 is 59.6 Å². The molecule has 0 aliphatic carbocycles. The minimum atomic E-state index is -2.28. The van der Waals surface area contributed by atoms with E-state index in [-0.39, 0.29) is 0 Å². The first-order valence-corrected chi connectivity index (χ1v) is 7.97. The number of esters is 4. The van der Waals surface area contributed by atoms with Gasteiger partial charge in [0, 0.05) is 27.7 Å². The molecule has 1 aliphatic heterocycles. The molecule has 0 aromatic heterocycles. The van der Waals surface area contributed by atoms with E-state index in [2.05, 4.69) is 15.9 Å². The molecule has 0 radical (unpaired) electrons. The van der Waals surface area contributed by atoms with Gasteiger partial charge >= 0.3 is 23.9 Å². The number of hydrogen-bond acceptors (Lipinski definition) is 10. The van der Waals surface area contributed by atoms with Gasteiger partial charge in [0.05, 0.1) is 0 Å². The largest absolute Gasteiger partial charge is 0.463 e. The summed E-state index contributed by atoms with van der Waals surface area (Å²) in [5, 5.41) is 10.4. The summed E-state index contributed by atoms with van der Waals surface area (Å²) in [5.41, 5.74) is 0. The Bertz CT molecular complexity index is 546. The van der Waals surface area contributed by atoms with Crippen LogP contribution in [0, 0.1) is 0 Å². The number of aliphatic hydroxyl groups is 1. The molecular formula is C14H19BrO10. The van der Waals surface area contributed by atoms with Crippen molar-refractivity contribution in [2.75, 3.05) is 6.61 Å². The summed E-state index contributed by atoms with van der Waals surface area (Å²) < 4.78 is 23.0. The maximum Gasteiger partial charge on any atom is 0.303 e. The van der Waals surface area contributed by atoms with Gasteiger partial charge in [0.25, 0.3) is 4.70 Å². The van der Waals surface area contributed by atoms with Crippen LogP contribution in [0.2, 0.25) is 0 Å². The Labute approximate surface area is 151 Å². The summed E-state index contributed by atoms with van der Waals surface area (Å²) in [6.45, 7) is 3.99. The predicted molar refractivity (Wildman–Crippen MR) is 82.0 cm³/mol. The van der Waals surface area contributed by atoms with E-state index in [9.17, 15) is 24.3 Å². The highest BCUT2D eigenvalue weighted by molar-refractivity contribution is 9.10. The monoisotopic (exact) mass is 426 g/mol. The molecule has 0 spiro atoms. The van der Waals surface area contributed by atoms with Crippen molar-refractivity contribution in [3.05, 3.63) is 0 Å². The van der Waals surface area contributed by atoms with Gasteiger partial charge in [-0.3, -0.25) is 19.2 Å². The number of ether oxygens (including phenoxy) is 5. The first-order valence-electron chi connectivity index (χ1n) is 7.18. The molecule has 1 rings (SSSR count). The van der Waals surface area contributed by atoms with Gasteiger partial charge in [-0.05, 0) is 15.9 Å². The van der Waals surface area contributed by atoms with Crippen LogP contribution in [0.5, 0.6) is 0 Å². The Hall–Kier alpha value is -1.72. The molecule has 0 saturated carbocycles. The van der Waals surface area contributed by atoms with Gasteiger partial charge in [-0.15, -0.1) is 0 Å². The predicted octanol–water partition coefficient (Wildman–Crippen LogP) is -0.216. The van der Waals surface area contributed by atoms with E-state index >= 15 is 0 Å². The molecule has 5 atom stereocenters. The zero-order valence-corrected chi connectivity index (χ0v) is 15.6. The molecule has 142 valence electrons. The van der Waals surface area contributed by atoms with E-state index in [0.29, 0.717) is 0 Å². The van der Waals surface area contributed by atoms with Gasteiger partial charge in [-0.2, -0.15) is 0 Å². The highest BCUT2D eigenvalue weighted by Crippen LogP contribution is 2.38. The molecule has 0 unspecified atom stereocenters. The Morgan fingerprint density at radius 1 is 0.920 bits per heavy atom. The zero-order valence-electron chi connectivity index (χ0n) is 14.0. The lowest BCUT2D eigenvalue weighted by Crippen LogP contribution is -2.66. The molecule has 0 bridgehead atoms. The number of hydrogen-bond donors (Lipinski definition) is 1. The third-order valence-electron chi connectivity index (χ3n) is 3.00. The maximum absolute atomic E-state index is 11.4. The number of halogens is 1. The second-order valence-corrected chi connectivity index (χ2v) is 6.38. The first kappa shape index (κ1) is 21.3. The van der Waals surface area contributed by atoms with E-state index in [0.717, 1.165) is 27.7 Å². The van der Waals surface area contributed by atoms with Crippen LogP contribution in [-0.4, -0.2) is 64.7 Å². The van der Waals surface area contributed by atoms with Crippen molar-refractivity contribution in [2.45, 2.75) is 56.8 Å². The SMILES string of the molecule is CC(=O)OC[C@H]1O[C@](O)(Br)[C@H](OC(C)=O)[C@@H](OC(C)=O)[C@@H]1OC(C)=O. The average Bonchev–Trinajstić information content (AvgIpc) is 2.42. The van der Waals surface area contributed by atoms with Gasteiger partial charge < -0.3 is 28.8 Å². The Balaban J connectivity index is 3.24. The number of carbonyl (C=O) groups excluding carboxylic acids is 4. The standard InChI is InChI=1S/C14H19BrO10/c1-6(16)21-5-10-11(22-7(2)17)12(23-8(3)18)13(24-9(4)19)14(15,20)25-10/h10-13,20H,5H2,1-4H3/t10-,11-,12+,13-,14+/m1/s1. The third kappa shape index (κ3) is 6.25. The molecule has 1 saturated heterocycles. The van der Waals surface area contributed by atoms with Crippen molar-refractivity contribution < 1.29 is 48.0 Å². The first-order chi connectivity index (χ1) is 11.4. The second-order valence-electron chi connectivity index (χ2n) is 5.25. The van der Waals surface area contributed by atoms with Crippen molar-refractivity contribution in [3.8, 4) is 0 Å². The van der Waals surface area contributed by atoms with Crippen molar-refractivity contribution in [1.82, 2.24) is 0 Å². The fourth-order valence-electron chi connectivity index (χ4n) is 2.23. The molecule has 1 aliphatic rings. The minimum Gasteiger partial charge on any atom is -0.463 e. The van der Waals surface area contributed by atoms with E-state index in [1.54, 1.807) is 0 Å². The van der Waals surface area contributed by atoms with Crippen LogP contribution < -0.4 is 0 Å². The fraction of sp³-hybridized carbons (Fsp3) is 0.714. The Kier molecular flexibility index (Phi) is 7.32. The minimum absolute atomic E-state index is 0.411. The summed E-state index contributed by atoms with van der Waals surface area (Å²) in [6, 6.07) is 0. The maximum atomic E-state index is 11.4. The molecule has 11 heteroatoms. The van der Waals surface area contributed by atoms with Crippen molar-refractivity contribution in [2.24, 2.45) is 0 Å². The summed E-state index contributed by atoms with van der Waals surface area (Å²) in [5.74, 6) is -2.98. The topological polar surface area (TPSA) is 135 Å². The normalized spacial score (nSPS) is 31.6. The molecule has 0 aromatic rings. The number of alkyl halides is 1. The summed E-state index contributed by atoms with van der Waals surface area (Å²) in [7, 11) is 0. The highest BCUT2D eigenvalue weighted by atomic mass is 79.9. The molecule has 10 nitrogen and oxygen atoms in total. The van der Waals surface area contributed by atoms with Gasteiger partial charge in [-0.25, -0.2) is 0 Å². The molecule has 25 heavy (non-hydrogen) atoms. The average molecular weight is 427 g/mol. The second kappa shape index (κ2) is 8.59. The highest BCUT2D eigenvalue weighted by Gasteiger charge is 2.58. The van der Waals surface area contributed by atoms with Crippen molar-refractivity contribution in [3.63, 3.8) is 0 Å². The summed E-state index contributed by atoms with van der Waals surface area (Å²) in [4.78, 5) is 45.2. The fourth-order valence-corrected chi connectivity index (χ4v) is 2.83. The summed E-state index contributed by atoms with van der Waals surface area (Å²) in [6.07, 6.45) is -5.47. The van der Waals surface area contributed by atoms with Crippen molar-refractivity contribution in [1.29, 1.82) is 0 Å². The zero-order chi connectivity index (χ0) is 19.4. The molecular weight excluding hydrogens is 408 g/mol. The number of carbonyl (C=O) groups is 4. The van der Waals surface area contributed by atoms with Crippen LogP contribution in [0.4, 0.5) is 0 Å². The van der Waals surface area contributed by atoms with Crippen LogP contribution in [0.1, 0.15) is 27.7 Å². The van der Waals surface area contributed by atoms with Gasteiger partial charge in [0.1, 0.15) is 12.7 Å². The quantitative estimate of drug-likeness (QED) is 0.357. The van der Waals surface area contributed by atoms with Crippen LogP contribution in [0.25, 0.3) is 0 Å². The van der Waals surface area contributed by atoms with Crippen molar-refractivity contribution >= 4 is 39.8 Å².